The van der Waals surface area contributed by atoms with E-state index in [1.54, 1.807) is 30.3 Å². The van der Waals surface area contributed by atoms with Gasteiger partial charge in [0.1, 0.15) is 11.5 Å². The van der Waals surface area contributed by atoms with Crippen molar-refractivity contribution >= 4 is 6.09 Å². The standard InChI is InChI=1S/C25H26F4N2O3/c1-16-20(18-10-12-19(26)13-11-18)22(34-23(32)30(4)15-24(2,3)33)31(21(16)25(27,28)29)14-17-8-6-5-7-9-17/h5-13,33H,14-15H2,1-4H3. The monoisotopic (exact) mass is 478 g/mol. The molecular weight excluding hydrogens is 452 g/mol. The lowest BCUT2D eigenvalue weighted by Crippen LogP contribution is -2.41. The first kappa shape index (κ1) is 25.3. The molecule has 1 heterocycles. The van der Waals surface area contributed by atoms with Gasteiger partial charge < -0.3 is 19.3 Å². The molecular formula is C25H26F4N2O3. The third-order valence-electron chi connectivity index (χ3n) is 5.16. The molecule has 0 saturated carbocycles. The summed E-state index contributed by atoms with van der Waals surface area (Å²) < 4.78 is 62.7. The molecule has 0 spiro atoms. The number of rotatable bonds is 6. The molecule has 0 fully saturated rings. The maximum Gasteiger partial charge on any atom is 0.431 e. The highest BCUT2D eigenvalue weighted by Gasteiger charge is 2.41. The van der Waals surface area contributed by atoms with Gasteiger partial charge in [0, 0.05) is 12.6 Å². The van der Waals surface area contributed by atoms with Crippen LogP contribution >= 0.6 is 0 Å². The van der Waals surface area contributed by atoms with Gasteiger partial charge in [-0.1, -0.05) is 42.5 Å². The molecule has 3 rings (SSSR count). The van der Waals surface area contributed by atoms with Crippen molar-refractivity contribution in [3.05, 3.63) is 77.2 Å². The molecule has 0 aliphatic rings. The Hall–Kier alpha value is -3.33. The molecule has 34 heavy (non-hydrogen) atoms. The maximum atomic E-state index is 14.2. The fraction of sp³-hybridized carbons (Fsp3) is 0.320. The summed E-state index contributed by atoms with van der Waals surface area (Å²) in [6.07, 6.45) is -5.69. The molecule has 0 unspecified atom stereocenters. The Bertz CT molecular complexity index is 1150. The minimum atomic E-state index is -4.75. The topological polar surface area (TPSA) is 54.7 Å². The van der Waals surface area contributed by atoms with Gasteiger partial charge in [-0.25, -0.2) is 9.18 Å². The number of hydrogen-bond acceptors (Lipinski definition) is 3. The zero-order chi connectivity index (χ0) is 25.3. The number of halogens is 4. The van der Waals surface area contributed by atoms with Crippen LogP contribution in [0.5, 0.6) is 5.88 Å². The van der Waals surface area contributed by atoms with Gasteiger partial charge in [0.2, 0.25) is 5.88 Å². The molecule has 0 saturated heterocycles. The highest BCUT2D eigenvalue weighted by Crippen LogP contribution is 2.45. The third kappa shape index (κ3) is 5.77. The summed E-state index contributed by atoms with van der Waals surface area (Å²) in [7, 11) is 1.37. The summed E-state index contributed by atoms with van der Waals surface area (Å²) >= 11 is 0. The van der Waals surface area contributed by atoms with Crippen LogP contribution in [0.3, 0.4) is 0 Å². The molecule has 2 aromatic carbocycles. The predicted octanol–water partition coefficient (Wildman–Crippen LogP) is 5.87. The van der Waals surface area contributed by atoms with E-state index in [-0.39, 0.29) is 35.7 Å². The van der Waals surface area contributed by atoms with Crippen molar-refractivity contribution in [3.63, 3.8) is 0 Å². The van der Waals surface area contributed by atoms with Crippen molar-refractivity contribution < 1.29 is 32.2 Å². The minimum absolute atomic E-state index is 0.0354. The number of carbonyl (C=O) groups excluding carboxylic acids is 1. The number of hydrogen-bond donors (Lipinski definition) is 1. The molecule has 1 aromatic heterocycles. The average molecular weight is 478 g/mol. The van der Waals surface area contributed by atoms with E-state index in [4.69, 9.17) is 4.74 Å². The van der Waals surface area contributed by atoms with E-state index in [2.05, 4.69) is 0 Å². The molecule has 0 atom stereocenters. The van der Waals surface area contributed by atoms with Crippen molar-refractivity contribution in [3.8, 4) is 17.0 Å². The second kappa shape index (κ2) is 9.50. The quantitative estimate of drug-likeness (QED) is 0.451. The van der Waals surface area contributed by atoms with Crippen LogP contribution in [0.1, 0.15) is 30.7 Å². The summed E-state index contributed by atoms with van der Waals surface area (Å²) in [5.74, 6) is -0.863. The van der Waals surface area contributed by atoms with Gasteiger partial charge in [0.15, 0.2) is 0 Å². The minimum Gasteiger partial charge on any atom is -0.392 e. The lowest BCUT2D eigenvalue weighted by molar-refractivity contribution is -0.144. The Balaban J connectivity index is 2.21. The van der Waals surface area contributed by atoms with E-state index >= 15 is 0 Å². The van der Waals surface area contributed by atoms with Gasteiger partial charge in [0.25, 0.3) is 0 Å². The molecule has 9 heteroatoms. The second-order valence-corrected chi connectivity index (χ2v) is 8.77. The maximum absolute atomic E-state index is 14.2. The van der Waals surface area contributed by atoms with E-state index in [9.17, 15) is 27.5 Å². The van der Waals surface area contributed by atoms with Crippen molar-refractivity contribution in [1.82, 2.24) is 9.47 Å². The molecule has 0 aliphatic heterocycles. The summed E-state index contributed by atoms with van der Waals surface area (Å²) in [4.78, 5) is 13.9. The number of alkyl halides is 3. The van der Waals surface area contributed by atoms with Crippen LogP contribution in [0.4, 0.5) is 22.4 Å². The number of benzene rings is 2. The zero-order valence-electron chi connectivity index (χ0n) is 19.3. The second-order valence-electron chi connectivity index (χ2n) is 8.77. The highest BCUT2D eigenvalue weighted by atomic mass is 19.4. The number of nitrogens with zero attached hydrogens (tertiary/aromatic N) is 2. The van der Waals surface area contributed by atoms with Gasteiger partial charge in [-0.2, -0.15) is 13.2 Å². The number of carbonyl (C=O) groups is 1. The molecule has 0 bridgehead atoms. The number of aromatic nitrogens is 1. The fourth-order valence-electron chi connectivity index (χ4n) is 3.87. The van der Waals surface area contributed by atoms with Gasteiger partial charge in [-0.3, -0.25) is 0 Å². The lowest BCUT2D eigenvalue weighted by atomic mass is 10.0. The van der Waals surface area contributed by atoms with Crippen LogP contribution in [-0.2, 0) is 12.7 Å². The van der Waals surface area contributed by atoms with E-state index in [0.29, 0.717) is 5.56 Å². The Labute approximate surface area is 195 Å². The van der Waals surface area contributed by atoms with Crippen LogP contribution in [0.2, 0.25) is 0 Å². The first-order valence-corrected chi connectivity index (χ1v) is 10.5. The molecule has 3 aromatic rings. The van der Waals surface area contributed by atoms with Crippen molar-refractivity contribution in [2.75, 3.05) is 13.6 Å². The van der Waals surface area contributed by atoms with Crippen LogP contribution < -0.4 is 4.74 Å². The predicted molar refractivity (Wildman–Crippen MR) is 120 cm³/mol. The van der Waals surface area contributed by atoms with Gasteiger partial charge in [-0.05, 0) is 49.6 Å². The molecule has 5 nitrogen and oxygen atoms in total. The summed E-state index contributed by atoms with van der Waals surface area (Å²) in [6, 6.07) is 13.4. The Kier molecular flexibility index (Phi) is 7.07. The number of amides is 1. The van der Waals surface area contributed by atoms with E-state index in [0.717, 1.165) is 21.6 Å². The van der Waals surface area contributed by atoms with Crippen molar-refractivity contribution in [2.45, 2.75) is 39.1 Å². The van der Waals surface area contributed by atoms with Gasteiger partial charge in [-0.15, -0.1) is 0 Å². The number of ether oxygens (including phenoxy) is 1. The first-order chi connectivity index (χ1) is 15.8. The van der Waals surface area contributed by atoms with Crippen molar-refractivity contribution in [1.29, 1.82) is 0 Å². The Morgan fingerprint density at radius 2 is 1.65 bits per heavy atom. The van der Waals surface area contributed by atoms with E-state index < -0.39 is 29.4 Å². The van der Waals surface area contributed by atoms with Crippen LogP contribution in [-0.4, -0.2) is 39.9 Å². The third-order valence-corrected chi connectivity index (χ3v) is 5.16. The number of aliphatic hydroxyl groups is 1. The summed E-state index contributed by atoms with van der Waals surface area (Å²) in [5, 5.41) is 10.0. The number of likely N-dealkylation sites (N-methyl/N-ethyl adjacent to an activating group) is 1. The van der Waals surface area contributed by atoms with Crippen LogP contribution in [0.25, 0.3) is 11.1 Å². The Morgan fingerprint density at radius 3 is 2.18 bits per heavy atom. The largest absolute Gasteiger partial charge is 0.431 e. The molecule has 0 aliphatic carbocycles. The van der Waals surface area contributed by atoms with Gasteiger partial charge >= 0.3 is 12.3 Å². The van der Waals surface area contributed by atoms with Crippen molar-refractivity contribution in [2.24, 2.45) is 0 Å². The van der Waals surface area contributed by atoms with Crippen LogP contribution in [0.15, 0.2) is 54.6 Å². The highest BCUT2D eigenvalue weighted by molar-refractivity contribution is 5.79. The zero-order valence-corrected chi connectivity index (χ0v) is 19.3. The SMILES string of the molecule is Cc1c(-c2ccc(F)cc2)c(OC(=O)N(C)CC(C)(C)O)n(Cc2ccccc2)c1C(F)(F)F. The molecule has 0 radical (unpaired) electrons. The lowest BCUT2D eigenvalue weighted by Gasteiger charge is -2.25. The fourth-order valence-corrected chi connectivity index (χ4v) is 3.87. The summed E-state index contributed by atoms with van der Waals surface area (Å²) in [6.45, 7) is 3.95. The van der Waals surface area contributed by atoms with E-state index in [1.807, 2.05) is 0 Å². The first-order valence-electron chi connectivity index (χ1n) is 10.5. The van der Waals surface area contributed by atoms with Crippen LogP contribution in [0, 0.1) is 12.7 Å². The summed E-state index contributed by atoms with van der Waals surface area (Å²) in [5.41, 5.74) is -1.49. The smallest absolute Gasteiger partial charge is 0.392 e. The average Bonchev–Trinajstić information content (AvgIpc) is 2.99. The molecule has 182 valence electrons. The van der Waals surface area contributed by atoms with Gasteiger partial charge in [0.05, 0.1) is 18.7 Å². The molecule has 1 N–H and O–H groups in total. The normalized spacial score (nSPS) is 12.0. The molecule has 1 amide bonds. The Morgan fingerprint density at radius 1 is 1.06 bits per heavy atom. The van der Waals surface area contributed by atoms with E-state index in [1.165, 1.54) is 40.0 Å².